The highest BCUT2D eigenvalue weighted by Crippen LogP contribution is 2.37. The maximum Gasteiger partial charge on any atom is 0.272 e. The van der Waals surface area contributed by atoms with Crippen molar-refractivity contribution in [2.24, 2.45) is 0 Å². The summed E-state index contributed by atoms with van der Waals surface area (Å²) in [5.41, 5.74) is 2.63. The second kappa shape index (κ2) is 15.0. The van der Waals surface area contributed by atoms with E-state index in [2.05, 4.69) is 16.0 Å². The van der Waals surface area contributed by atoms with Crippen LogP contribution in [0.1, 0.15) is 26.7 Å². The summed E-state index contributed by atoms with van der Waals surface area (Å²) >= 11 is 7.64. The van der Waals surface area contributed by atoms with Crippen molar-refractivity contribution in [2.75, 3.05) is 10.6 Å². The average Bonchev–Trinajstić information content (AvgIpc) is 3.06. The van der Waals surface area contributed by atoms with Crippen molar-refractivity contribution >= 4 is 58.5 Å². The Balaban J connectivity index is 1.38. The lowest BCUT2D eigenvalue weighted by Crippen LogP contribution is -2.30. The van der Waals surface area contributed by atoms with Gasteiger partial charge >= 0.3 is 0 Å². The first-order valence-corrected chi connectivity index (χ1v) is 15.1. The third kappa shape index (κ3) is 8.69. The number of benzene rings is 5. The van der Waals surface area contributed by atoms with Crippen LogP contribution in [0, 0.1) is 5.82 Å². The van der Waals surface area contributed by atoms with Crippen LogP contribution in [0.2, 0.25) is 5.02 Å². The summed E-state index contributed by atoms with van der Waals surface area (Å²) < 4.78 is 13.4. The quantitative estimate of drug-likeness (QED) is 0.106. The maximum atomic E-state index is 13.6. The van der Waals surface area contributed by atoms with Gasteiger partial charge in [0.2, 0.25) is 5.91 Å². The zero-order valence-corrected chi connectivity index (χ0v) is 25.3. The number of hydrogen-bond acceptors (Lipinski definition) is 4. The molecule has 9 heteroatoms. The molecule has 45 heavy (non-hydrogen) atoms. The van der Waals surface area contributed by atoms with Gasteiger partial charge in [-0.3, -0.25) is 14.4 Å². The fourth-order valence-electron chi connectivity index (χ4n) is 4.31. The molecule has 3 amide bonds. The number of amides is 3. The molecule has 0 bridgehead atoms. The van der Waals surface area contributed by atoms with Gasteiger partial charge < -0.3 is 16.0 Å². The molecule has 0 spiro atoms. The van der Waals surface area contributed by atoms with Gasteiger partial charge in [0.15, 0.2) is 0 Å². The number of rotatable bonds is 10. The molecule has 0 aliphatic carbocycles. The van der Waals surface area contributed by atoms with Crippen molar-refractivity contribution in [1.29, 1.82) is 0 Å². The lowest BCUT2D eigenvalue weighted by atomic mass is 10.1. The predicted octanol–water partition coefficient (Wildman–Crippen LogP) is 8.36. The van der Waals surface area contributed by atoms with Gasteiger partial charge in [0, 0.05) is 26.9 Å². The Morgan fingerprint density at radius 3 is 2.09 bits per heavy atom. The first kappa shape index (κ1) is 31.3. The lowest BCUT2D eigenvalue weighted by Gasteiger charge is -2.18. The van der Waals surface area contributed by atoms with Crippen LogP contribution in [-0.2, 0) is 9.59 Å². The molecule has 0 aliphatic rings. The zero-order valence-electron chi connectivity index (χ0n) is 23.7. The molecule has 5 rings (SSSR count). The fourth-order valence-corrected chi connectivity index (χ4v) is 5.59. The van der Waals surface area contributed by atoms with Crippen LogP contribution < -0.4 is 16.0 Å². The van der Waals surface area contributed by atoms with Crippen LogP contribution in [0.3, 0.4) is 0 Å². The summed E-state index contributed by atoms with van der Waals surface area (Å²) in [5, 5.41) is 8.18. The van der Waals surface area contributed by atoms with E-state index in [0.717, 1.165) is 5.56 Å². The van der Waals surface area contributed by atoms with Gasteiger partial charge in [-0.05, 0) is 77.9 Å². The van der Waals surface area contributed by atoms with E-state index in [4.69, 9.17) is 11.6 Å². The highest BCUT2D eigenvalue weighted by molar-refractivity contribution is 8.00. The highest BCUT2D eigenvalue weighted by Gasteiger charge is 2.23. The summed E-state index contributed by atoms with van der Waals surface area (Å²) in [6.45, 7) is 0. The Morgan fingerprint density at radius 1 is 0.711 bits per heavy atom. The number of hydrogen-bond donors (Lipinski definition) is 3. The molecule has 224 valence electrons. The summed E-state index contributed by atoms with van der Waals surface area (Å²) in [6, 6.07) is 37.4. The second-order valence-corrected chi connectivity index (χ2v) is 11.4. The molecule has 0 heterocycles. The van der Waals surface area contributed by atoms with Crippen LogP contribution in [0.5, 0.6) is 0 Å². The summed E-state index contributed by atoms with van der Waals surface area (Å²) in [4.78, 5) is 40.7. The minimum Gasteiger partial charge on any atom is -0.325 e. The molecule has 6 nitrogen and oxygen atoms in total. The summed E-state index contributed by atoms with van der Waals surface area (Å²) in [6.07, 6.45) is 1.52. The molecule has 0 fully saturated rings. The first-order chi connectivity index (χ1) is 21.9. The Kier molecular flexibility index (Phi) is 10.4. The minimum atomic E-state index is -0.650. The van der Waals surface area contributed by atoms with Crippen molar-refractivity contribution in [3.05, 3.63) is 167 Å². The van der Waals surface area contributed by atoms with Crippen LogP contribution in [0.15, 0.2) is 144 Å². The maximum absolute atomic E-state index is 13.6. The number of anilines is 2. The van der Waals surface area contributed by atoms with E-state index < -0.39 is 22.9 Å². The van der Waals surface area contributed by atoms with E-state index in [9.17, 15) is 18.8 Å². The molecular formula is C36H27ClFN3O3S. The van der Waals surface area contributed by atoms with E-state index in [0.29, 0.717) is 32.4 Å². The standard InChI is InChI=1S/C36H27ClFN3O3S/c37-31-17-8-7-14-26(31)22-32(41-34(42)25-12-5-2-6-13-25)35(43)40-29-15-9-16-30(23-29)45-33(24-10-3-1-4-11-24)36(44)39-28-20-18-27(38)19-21-28/h1-23,33H,(H,39,44)(H,40,43)(H,41,42)/b32-22+. The molecule has 0 radical (unpaired) electrons. The monoisotopic (exact) mass is 635 g/mol. The van der Waals surface area contributed by atoms with E-state index in [1.54, 1.807) is 72.8 Å². The largest absolute Gasteiger partial charge is 0.325 e. The van der Waals surface area contributed by atoms with Crippen LogP contribution in [0.25, 0.3) is 6.08 Å². The van der Waals surface area contributed by atoms with Gasteiger partial charge in [0.05, 0.1) is 0 Å². The topological polar surface area (TPSA) is 87.3 Å². The third-order valence-corrected chi connectivity index (χ3v) is 8.12. The van der Waals surface area contributed by atoms with Crippen molar-refractivity contribution < 1.29 is 18.8 Å². The molecule has 0 aromatic heterocycles. The van der Waals surface area contributed by atoms with Crippen molar-refractivity contribution in [3.8, 4) is 0 Å². The van der Waals surface area contributed by atoms with Gasteiger partial charge in [-0.2, -0.15) is 0 Å². The molecule has 5 aromatic rings. The summed E-state index contributed by atoms with van der Waals surface area (Å²) in [5.74, 6) is -1.70. The predicted molar refractivity (Wildman–Crippen MR) is 178 cm³/mol. The van der Waals surface area contributed by atoms with Crippen molar-refractivity contribution in [3.63, 3.8) is 0 Å². The van der Waals surface area contributed by atoms with Gasteiger partial charge in [0.25, 0.3) is 11.8 Å². The SMILES string of the molecule is O=C(Nc1cccc(SC(C(=O)Nc2ccc(F)cc2)c2ccccc2)c1)/C(=C\c1ccccc1Cl)NC(=O)c1ccccc1. The van der Waals surface area contributed by atoms with Crippen molar-refractivity contribution in [2.45, 2.75) is 10.1 Å². The smallest absolute Gasteiger partial charge is 0.272 e. The second-order valence-electron chi connectivity index (χ2n) is 9.79. The Hall–Kier alpha value is -5.18. The van der Waals surface area contributed by atoms with Gasteiger partial charge in [-0.1, -0.05) is 84.4 Å². The molecular weight excluding hydrogens is 609 g/mol. The number of carbonyl (C=O) groups excluding carboxylic acids is 3. The van der Waals surface area contributed by atoms with Gasteiger partial charge in [-0.25, -0.2) is 4.39 Å². The Morgan fingerprint density at radius 2 is 1.38 bits per heavy atom. The molecule has 5 aromatic carbocycles. The van der Waals surface area contributed by atoms with Crippen LogP contribution >= 0.6 is 23.4 Å². The first-order valence-electron chi connectivity index (χ1n) is 13.9. The molecule has 1 unspecified atom stereocenters. The lowest BCUT2D eigenvalue weighted by molar-refractivity contribution is -0.116. The minimum absolute atomic E-state index is 0.00385. The van der Waals surface area contributed by atoms with Gasteiger partial charge in [0.1, 0.15) is 16.8 Å². The normalized spacial score (nSPS) is 11.7. The number of thioether (sulfide) groups is 1. The number of nitrogens with one attached hydrogen (secondary N) is 3. The third-order valence-electron chi connectivity index (χ3n) is 6.53. The molecule has 0 aliphatic heterocycles. The van der Waals surface area contributed by atoms with Crippen molar-refractivity contribution in [1.82, 2.24) is 5.32 Å². The Bertz CT molecular complexity index is 1830. The molecule has 0 saturated carbocycles. The zero-order chi connectivity index (χ0) is 31.6. The summed E-state index contributed by atoms with van der Waals surface area (Å²) in [7, 11) is 0. The molecule has 1 atom stereocenters. The van der Waals surface area contributed by atoms with E-state index in [1.807, 2.05) is 36.4 Å². The Labute approximate surface area is 269 Å². The molecule has 0 saturated heterocycles. The van der Waals surface area contributed by atoms with Crippen LogP contribution in [-0.4, -0.2) is 17.7 Å². The van der Waals surface area contributed by atoms with E-state index >= 15 is 0 Å². The molecule has 3 N–H and O–H groups in total. The van der Waals surface area contributed by atoms with E-state index in [-0.39, 0.29) is 11.6 Å². The fraction of sp³-hybridized carbons (Fsp3) is 0.0278. The highest BCUT2D eigenvalue weighted by atomic mass is 35.5. The number of carbonyl (C=O) groups is 3. The van der Waals surface area contributed by atoms with E-state index in [1.165, 1.54) is 42.1 Å². The average molecular weight is 636 g/mol. The van der Waals surface area contributed by atoms with Gasteiger partial charge in [-0.15, -0.1) is 11.8 Å². The number of halogens is 2. The van der Waals surface area contributed by atoms with Crippen LogP contribution in [0.4, 0.5) is 15.8 Å².